The van der Waals surface area contributed by atoms with Gasteiger partial charge in [0.05, 0.1) is 5.92 Å². The van der Waals surface area contributed by atoms with Gasteiger partial charge in [-0.2, -0.15) is 0 Å². The fraction of sp³-hybridized carbons (Fsp3) is 0.462. The summed E-state index contributed by atoms with van der Waals surface area (Å²) in [6, 6.07) is 18.6. The summed E-state index contributed by atoms with van der Waals surface area (Å²) >= 11 is 0. The third-order valence-electron chi connectivity index (χ3n) is 6.92. The van der Waals surface area contributed by atoms with Gasteiger partial charge in [0.1, 0.15) is 0 Å². The van der Waals surface area contributed by atoms with Gasteiger partial charge in [-0.1, -0.05) is 48.5 Å². The number of carbonyl (C=O) groups excluding carboxylic acids is 2. The molecule has 0 saturated heterocycles. The molecule has 1 saturated carbocycles. The molecule has 5 heteroatoms. The molecule has 2 aromatic rings. The van der Waals surface area contributed by atoms with Crippen LogP contribution in [0.25, 0.3) is 0 Å². The zero-order valence-electron chi connectivity index (χ0n) is 18.6. The SMILES string of the molecule is CN(C)C1CCC(N2CC(C(=O)NCCc3ccccc3)c3ccccc3C2=O)CC1. The number of nitrogens with one attached hydrogen (secondary N) is 1. The zero-order chi connectivity index (χ0) is 21.8. The number of amides is 2. The first-order valence-electron chi connectivity index (χ1n) is 11.4. The minimum atomic E-state index is -0.309. The highest BCUT2D eigenvalue weighted by Gasteiger charge is 2.39. The van der Waals surface area contributed by atoms with Gasteiger partial charge >= 0.3 is 0 Å². The number of fused-ring (bicyclic) bond motifs is 1. The van der Waals surface area contributed by atoms with Crippen LogP contribution in [0.1, 0.15) is 53.1 Å². The van der Waals surface area contributed by atoms with E-state index in [1.54, 1.807) is 0 Å². The van der Waals surface area contributed by atoms with Crippen LogP contribution in [0.3, 0.4) is 0 Å². The van der Waals surface area contributed by atoms with Crippen LogP contribution in [0.2, 0.25) is 0 Å². The van der Waals surface area contributed by atoms with Crippen LogP contribution in [-0.2, 0) is 11.2 Å². The minimum Gasteiger partial charge on any atom is -0.355 e. The van der Waals surface area contributed by atoms with Crippen molar-refractivity contribution in [2.75, 3.05) is 27.2 Å². The van der Waals surface area contributed by atoms with Crippen LogP contribution >= 0.6 is 0 Å². The smallest absolute Gasteiger partial charge is 0.254 e. The molecule has 0 aromatic heterocycles. The van der Waals surface area contributed by atoms with E-state index in [0.717, 1.165) is 37.7 Å². The summed E-state index contributed by atoms with van der Waals surface area (Å²) in [5, 5.41) is 3.12. The van der Waals surface area contributed by atoms with E-state index in [2.05, 4.69) is 36.4 Å². The second kappa shape index (κ2) is 9.65. The lowest BCUT2D eigenvalue weighted by Gasteiger charge is -2.42. The van der Waals surface area contributed by atoms with Gasteiger partial charge in [0, 0.05) is 30.7 Å². The van der Waals surface area contributed by atoms with Crippen LogP contribution < -0.4 is 5.32 Å². The van der Waals surface area contributed by atoms with E-state index in [1.807, 2.05) is 47.4 Å². The largest absolute Gasteiger partial charge is 0.355 e. The van der Waals surface area contributed by atoms with E-state index in [0.29, 0.717) is 24.7 Å². The van der Waals surface area contributed by atoms with E-state index < -0.39 is 0 Å². The maximum Gasteiger partial charge on any atom is 0.254 e. The molecule has 0 spiro atoms. The lowest BCUT2D eigenvalue weighted by Crippen LogP contribution is -2.51. The number of nitrogens with zero attached hydrogens (tertiary/aromatic N) is 2. The average molecular weight is 420 g/mol. The highest BCUT2D eigenvalue weighted by atomic mass is 16.2. The molecule has 2 amide bonds. The monoisotopic (exact) mass is 419 g/mol. The summed E-state index contributed by atoms with van der Waals surface area (Å²) < 4.78 is 0. The molecule has 1 N–H and O–H groups in total. The highest BCUT2D eigenvalue weighted by molar-refractivity contribution is 6.00. The van der Waals surface area contributed by atoms with Gasteiger partial charge in [-0.3, -0.25) is 9.59 Å². The van der Waals surface area contributed by atoms with Crippen LogP contribution in [-0.4, -0.2) is 60.9 Å². The number of hydrogen-bond acceptors (Lipinski definition) is 3. The molecule has 0 bridgehead atoms. The van der Waals surface area contributed by atoms with Crippen molar-refractivity contribution >= 4 is 11.8 Å². The molecule has 4 rings (SSSR count). The summed E-state index contributed by atoms with van der Waals surface area (Å²) in [7, 11) is 4.26. The first-order valence-corrected chi connectivity index (χ1v) is 11.4. The van der Waals surface area contributed by atoms with Crippen molar-refractivity contribution in [1.29, 1.82) is 0 Å². The standard InChI is InChI=1S/C26H33N3O2/c1-28(2)20-12-14-21(15-13-20)29-18-24(22-10-6-7-11-23(22)26(29)31)25(30)27-17-16-19-8-4-3-5-9-19/h3-11,20-21,24H,12-18H2,1-2H3,(H,27,30). The Morgan fingerprint density at radius 3 is 2.39 bits per heavy atom. The van der Waals surface area contributed by atoms with Gasteiger partial charge in [-0.05, 0) is 63.4 Å². The van der Waals surface area contributed by atoms with E-state index in [4.69, 9.17) is 0 Å². The third-order valence-corrected chi connectivity index (χ3v) is 6.92. The molecule has 5 nitrogen and oxygen atoms in total. The molecular weight excluding hydrogens is 386 g/mol. The molecule has 1 heterocycles. The van der Waals surface area contributed by atoms with Crippen molar-refractivity contribution in [3.8, 4) is 0 Å². The summed E-state index contributed by atoms with van der Waals surface area (Å²) in [6.45, 7) is 1.08. The van der Waals surface area contributed by atoms with Gasteiger partial charge < -0.3 is 15.1 Å². The van der Waals surface area contributed by atoms with Crippen molar-refractivity contribution in [3.05, 3.63) is 71.3 Å². The van der Waals surface area contributed by atoms with Crippen molar-refractivity contribution in [3.63, 3.8) is 0 Å². The number of rotatable bonds is 6. The quantitative estimate of drug-likeness (QED) is 0.780. The van der Waals surface area contributed by atoms with Crippen molar-refractivity contribution in [2.24, 2.45) is 0 Å². The van der Waals surface area contributed by atoms with E-state index in [-0.39, 0.29) is 23.8 Å². The van der Waals surface area contributed by atoms with Crippen LogP contribution in [0, 0.1) is 0 Å². The third kappa shape index (κ3) is 4.82. The maximum absolute atomic E-state index is 13.3. The molecule has 31 heavy (non-hydrogen) atoms. The molecule has 164 valence electrons. The van der Waals surface area contributed by atoms with Gasteiger partial charge in [0.15, 0.2) is 0 Å². The summed E-state index contributed by atoms with van der Waals surface area (Å²) in [6.07, 6.45) is 4.99. The Balaban J connectivity index is 1.46. The van der Waals surface area contributed by atoms with Gasteiger partial charge in [-0.15, -0.1) is 0 Å². The fourth-order valence-corrected chi connectivity index (χ4v) is 5.05. The summed E-state index contributed by atoms with van der Waals surface area (Å²) in [4.78, 5) is 30.7. The first-order chi connectivity index (χ1) is 15.0. The van der Waals surface area contributed by atoms with Crippen molar-refractivity contribution in [2.45, 2.75) is 50.1 Å². The first kappa shape index (κ1) is 21.6. The van der Waals surface area contributed by atoms with Crippen LogP contribution in [0.5, 0.6) is 0 Å². The minimum absolute atomic E-state index is 0.0165. The molecule has 1 aliphatic carbocycles. The topological polar surface area (TPSA) is 52.6 Å². The number of carbonyl (C=O) groups is 2. The Bertz CT molecular complexity index is 904. The maximum atomic E-state index is 13.3. The summed E-state index contributed by atoms with van der Waals surface area (Å²) in [5.74, 6) is -0.212. The molecule has 2 aliphatic rings. The van der Waals surface area contributed by atoms with E-state index in [9.17, 15) is 9.59 Å². The molecule has 1 atom stereocenters. The predicted molar refractivity (Wildman–Crippen MR) is 123 cm³/mol. The molecule has 1 aliphatic heterocycles. The lowest BCUT2D eigenvalue weighted by atomic mass is 9.84. The second-order valence-corrected chi connectivity index (χ2v) is 9.05. The Morgan fingerprint density at radius 1 is 1.00 bits per heavy atom. The van der Waals surface area contributed by atoms with Crippen molar-refractivity contribution in [1.82, 2.24) is 15.1 Å². The average Bonchev–Trinajstić information content (AvgIpc) is 2.80. The Morgan fingerprint density at radius 2 is 1.68 bits per heavy atom. The van der Waals surface area contributed by atoms with Crippen LogP contribution in [0.15, 0.2) is 54.6 Å². The van der Waals surface area contributed by atoms with Crippen LogP contribution in [0.4, 0.5) is 0 Å². The number of hydrogen-bond donors (Lipinski definition) is 1. The molecule has 1 fully saturated rings. The van der Waals surface area contributed by atoms with E-state index in [1.165, 1.54) is 5.56 Å². The van der Waals surface area contributed by atoms with Gasteiger partial charge in [-0.25, -0.2) is 0 Å². The zero-order valence-corrected chi connectivity index (χ0v) is 18.6. The Labute approximate surface area is 185 Å². The lowest BCUT2D eigenvalue weighted by molar-refractivity contribution is -0.123. The van der Waals surface area contributed by atoms with Gasteiger partial charge in [0.25, 0.3) is 5.91 Å². The molecule has 2 aromatic carbocycles. The molecule has 1 unspecified atom stereocenters. The normalized spacial score (nSPS) is 23.5. The Hall–Kier alpha value is -2.66. The fourth-order valence-electron chi connectivity index (χ4n) is 5.05. The highest BCUT2D eigenvalue weighted by Crippen LogP contribution is 2.34. The van der Waals surface area contributed by atoms with E-state index >= 15 is 0 Å². The van der Waals surface area contributed by atoms with Gasteiger partial charge in [0.2, 0.25) is 5.91 Å². The second-order valence-electron chi connectivity index (χ2n) is 9.05. The predicted octanol–water partition coefficient (Wildman–Crippen LogP) is 3.46. The van der Waals surface area contributed by atoms with Crippen molar-refractivity contribution < 1.29 is 9.59 Å². The Kier molecular flexibility index (Phi) is 6.71. The number of benzene rings is 2. The molecular formula is C26H33N3O2. The molecule has 0 radical (unpaired) electrons. The summed E-state index contributed by atoms with van der Waals surface area (Å²) in [5.41, 5.74) is 2.76.